The van der Waals surface area contributed by atoms with Crippen molar-refractivity contribution in [2.45, 2.75) is 44.6 Å². The molecule has 3 aromatic heterocycles. The van der Waals surface area contributed by atoms with Gasteiger partial charge < -0.3 is 13.9 Å². The molecule has 3 aromatic rings. The maximum absolute atomic E-state index is 13.3. The second-order valence-electron chi connectivity index (χ2n) is 8.17. The molecule has 0 N–H and O–H groups in total. The van der Waals surface area contributed by atoms with E-state index < -0.39 is 10.0 Å². The van der Waals surface area contributed by atoms with Crippen molar-refractivity contribution in [3.05, 3.63) is 46.5 Å². The number of thiazole rings is 1. The lowest BCUT2D eigenvalue weighted by molar-refractivity contribution is 0.0728. The van der Waals surface area contributed by atoms with Gasteiger partial charge in [0.15, 0.2) is 0 Å². The lowest BCUT2D eigenvalue weighted by Gasteiger charge is -2.26. The minimum absolute atomic E-state index is 0.0166. The van der Waals surface area contributed by atoms with E-state index in [1.165, 1.54) is 29.0 Å². The third-order valence-electron chi connectivity index (χ3n) is 5.99. The van der Waals surface area contributed by atoms with Gasteiger partial charge in [0.1, 0.15) is 20.5 Å². The number of hydrogen-bond donors (Lipinski definition) is 0. The van der Waals surface area contributed by atoms with Gasteiger partial charge in [0.05, 0.1) is 24.2 Å². The Bertz CT molecular complexity index is 1220. The lowest BCUT2D eigenvalue weighted by atomic mass is 10.1. The molecule has 0 saturated carbocycles. The Morgan fingerprint density at radius 1 is 1.25 bits per heavy atom. The average molecular weight is 477 g/mol. The second kappa shape index (κ2) is 8.84. The molecular formula is C22H28N4O4S2. The van der Waals surface area contributed by atoms with Crippen molar-refractivity contribution in [2.24, 2.45) is 7.05 Å². The molecule has 4 rings (SSSR count). The van der Waals surface area contributed by atoms with E-state index in [9.17, 15) is 13.2 Å². The van der Waals surface area contributed by atoms with E-state index in [0.29, 0.717) is 32.7 Å². The van der Waals surface area contributed by atoms with Gasteiger partial charge in [-0.1, -0.05) is 0 Å². The maximum Gasteiger partial charge on any atom is 0.265 e. The summed E-state index contributed by atoms with van der Waals surface area (Å²) in [5.74, 6) is 0.587. The summed E-state index contributed by atoms with van der Waals surface area (Å²) in [6, 6.07) is 5.13. The molecule has 0 aromatic carbocycles. The zero-order chi connectivity index (χ0) is 23.0. The van der Waals surface area contributed by atoms with E-state index in [1.54, 1.807) is 25.1 Å². The number of carbonyl (C=O) groups is 1. The van der Waals surface area contributed by atoms with Crippen molar-refractivity contribution < 1.29 is 17.6 Å². The van der Waals surface area contributed by atoms with Gasteiger partial charge in [-0.05, 0) is 51.3 Å². The number of rotatable bonds is 6. The number of furan rings is 1. The summed E-state index contributed by atoms with van der Waals surface area (Å²) >= 11 is 1.33. The van der Waals surface area contributed by atoms with Crippen LogP contribution >= 0.6 is 11.3 Å². The monoisotopic (exact) mass is 476 g/mol. The van der Waals surface area contributed by atoms with Gasteiger partial charge in [0.2, 0.25) is 10.0 Å². The Balaban J connectivity index is 1.65. The third kappa shape index (κ3) is 4.14. The molecule has 8 nitrogen and oxygen atoms in total. The summed E-state index contributed by atoms with van der Waals surface area (Å²) < 4.78 is 34.9. The minimum atomic E-state index is -3.74. The highest BCUT2D eigenvalue weighted by molar-refractivity contribution is 7.89. The molecular weight excluding hydrogens is 448 g/mol. The highest BCUT2D eigenvalue weighted by Gasteiger charge is 2.29. The fourth-order valence-corrected chi connectivity index (χ4v) is 6.45. The molecule has 1 aliphatic heterocycles. The van der Waals surface area contributed by atoms with Crippen molar-refractivity contribution in [1.82, 2.24) is 18.8 Å². The fraction of sp³-hybridized carbons (Fsp3) is 0.455. The van der Waals surface area contributed by atoms with Crippen LogP contribution < -0.4 is 0 Å². The van der Waals surface area contributed by atoms with Crippen LogP contribution in [0.1, 0.15) is 46.1 Å². The van der Waals surface area contributed by atoms with Gasteiger partial charge in [-0.25, -0.2) is 13.4 Å². The Morgan fingerprint density at radius 2 is 1.97 bits per heavy atom. The van der Waals surface area contributed by atoms with Crippen molar-refractivity contribution in [3.8, 4) is 10.7 Å². The molecule has 0 atom stereocenters. The summed E-state index contributed by atoms with van der Waals surface area (Å²) in [5, 5.41) is 0.642. The predicted molar refractivity (Wildman–Crippen MR) is 123 cm³/mol. The molecule has 0 aliphatic carbocycles. The molecule has 1 saturated heterocycles. The highest BCUT2D eigenvalue weighted by Crippen LogP contribution is 2.34. The van der Waals surface area contributed by atoms with Gasteiger partial charge in [0.25, 0.3) is 5.91 Å². The lowest BCUT2D eigenvalue weighted by Crippen LogP contribution is -2.35. The summed E-state index contributed by atoms with van der Waals surface area (Å²) in [4.78, 5) is 20.4. The third-order valence-corrected chi connectivity index (χ3v) is 9.08. The summed E-state index contributed by atoms with van der Waals surface area (Å²) in [7, 11) is -0.385. The Labute approximate surface area is 192 Å². The predicted octanol–water partition coefficient (Wildman–Crippen LogP) is 3.81. The number of likely N-dealkylation sites (tertiary alicyclic amines) is 1. The summed E-state index contributed by atoms with van der Waals surface area (Å²) in [6.45, 7) is 5.31. The Kier molecular flexibility index (Phi) is 6.28. The summed E-state index contributed by atoms with van der Waals surface area (Å²) in [6.07, 6.45) is 4.74. The van der Waals surface area contributed by atoms with Crippen LogP contribution in [0.3, 0.4) is 0 Å². The maximum atomic E-state index is 13.3. The van der Waals surface area contributed by atoms with Gasteiger partial charge in [-0.15, -0.1) is 11.3 Å². The van der Waals surface area contributed by atoms with Crippen LogP contribution in [0.25, 0.3) is 10.7 Å². The number of carbonyl (C=O) groups excluding carboxylic acids is 1. The van der Waals surface area contributed by atoms with Crippen LogP contribution in [0.2, 0.25) is 0 Å². The number of aryl methyl sites for hydroxylation is 1. The number of amides is 1. The number of nitrogens with zero attached hydrogens (tertiary/aromatic N) is 4. The molecule has 0 unspecified atom stereocenters. The first-order valence-corrected chi connectivity index (χ1v) is 12.9. The fourth-order valence-electron chi connectivity index (χ4n) is 3.96. The zero-order valence-corrected chi connectivity index (χ0v) is 20.4. The van der Waals surface area contributed by atoms with Gasteiger partial charge in [-0.2, -0.15) is 4.31 Å². The number of piperidine rings is 1. The van der Waals surface area contributed by atoms with Crippen LogP contribution in [-0.4, -0.2) is 53.2 Å². The van der Waals surface area contributed by atoms with E-state index in [1.807, 2.05) is 23.4 Å². The molecule has 0 spiro atoms. The normalized spacial score (nSPS) is 15.0. The van der Waals surface area contributed by atoms with E-state index in [2.05, 4.69) is 4.98 Å². The smallest absolute Gasteiger partial charge is 0.265 e. The first-order valence-electron chi connectivity index (χ1n) is 10.6. The Hall–Kier alpha value is -2.43. The average Bonchev–Trinajstić information content (AvgIpc) is 3.49. The van der Waals surface area contributed by atoms with Crippen molar-refractivity contribution in [2.75, 3.05) is 20.1 Å². The highest BCUT2D eigenvalue weighted by atomic mass is 32.2. The van der Waals surface area contributed by atoms with Crippen LogP contribution in [0.15, 0.2) is 33.8 Å². The number of hydrogen-bond acceptors (Lipinski definition) is 6. The number of sulfonamides is 1. The standard InChI is InChI=1S/C22H28N4O4S2/c1-15-20(22(27)26-10-6-5-7-11-26)31-21(23-15)18-13-19(16(2)25(18)4)32(28,29)24(3)14-17-9-8-12-30-17/h8-9,12-13H,5-7,10-11,14H2,1-4H3. The SMILES string of the molecule is Cc1nc(-c2cc(S(=O)(=O)N(C)Cc3ccco3)c(C)n2C)sc1C(=O)N1CCCCC1. The van der Waals surface area contributed by atoms with Gasteiger partial charge in [-0.3, -0.25) is 4.79 Å². The minimum Gasteiger partial charge on any atom is -0.468 e. The van der Waals surface area contributed by atoms with E-state index in [-0.39, 0.29) is 17.3 Å². The van der Waals surface area contributed by atoms with Crippen LogP contribution in [-0.2, 0) is 23.6 Å². The summed E-state index contributed by atoms with van der Waals surface area (Å²) in [5.41, 5.74) is 1.97. The molecule has 1 aliphatic rings. The molecule has 4 heterocycles. The van der Waals surface area contributed by atoms with E-state index in [0.717, 1.165) is 32.4 Å². The molecule has 0 bridgehead atoms. The molecule has 10 heteroatoms. The largest absolute Gasteiger partial charge is 0.468 e. The zero-order valence-electron chi connectivity index (χ0n) is 18.8. The first kappa shape index (κ1) is 22.8. The van der Waals surface area contributed by atoms with Crippen LogP contribution in [0.5, 0.6) is 0 Å². The molecule has 172 valence electrons. The molecule has 32 heavy (non-hydrogen) atoms. The number of aromatic nitrogens is 2. The van der Waals surface area contributed by atoms with Crippen LogP contribution in [0.4, 0.5) is 0 Å². The second-order valence-corrected chi connectivity index (χ2v) is 11.2. The molecule has 1 fully saturated rings. The first-order chi connectivity index (χ1) is 15.2. The Morgan fingerprint density at radius 3 is 2.62 bits per heavy atom. The van der Waals surface area contributed by atoms with Gasteiger partial charge >= 0.3 is 0 Å². The van der Waals surface area contributed by atoms with Crippen molar-refractivity contribution in [3.63, 3.8) is 0 Å². The topological polar surface area (TPSA) is 88.6 Å². The molecule has 0 radical (unpaired) electrons. The van der Waals surface area contributed by atoms with Crippen LogP contribution in [0, 0.1) is 13.8 Å². The van der Waals surface area contributed by atoms with Crippen molar-refractivity contribution in [1.29, 1.82) is 0 Å². The van der Waals surface area contributed by atoms with E-state index in [4.69, 9.17) is 4.42 Å². The van der Waals surface area contributed by atoms with E-state index >= 15 is 0 Å². The quantitative estimate of drug-likeness (QED) is 0.540. The molecule has 1 amide bonds. The van der Waals surface area contributed by atoms with Crippen molar-refractivity contribution >= 4 is 27.3 Å². The van der Waals surface area contributed by atoms with Gasteiger partial charge in [0, 0.05) is 32.9 Å².